The van der Waals surface area contributed by atoms with Crippen molar-refractivity contribution in [3.05, 3.63) is 53.7 Å². The molecule has 2 aliphatic rings. The maximum atomic E-state index is 4.76. The average molecular weight is 359 g/mol. The van der Waals surface area contributed by atoms with Crippen LogP contribution in [0.1, 0.15) is 30.4 Å². The molecule has 0 saturated carbocycles. The van der Waals surface area contributed by atoms with Crippen LogP contribution in [0.5, 0.6) is 0 Å². The van der Waals surface area contributed by atoms with Gasteiger partial charge in [-0.3, -0.25) is 4.98 Å². The van der Waals surface area contributed by atoms with Crippen molar-refractivity contribution in [2.75, 3.05) is 19.6 Å². The van der Waals surface area contributed by atoms with E-state index in [1.54, 1.807) is 0 Å². The minimum Gasteiger partial charge on any atom is -0.302 e. The van der Waals surface area contributed by atoms with E-state index in [1.807, 2.05) is 0 Å². The third kappa shape index (κ3) is 2.72. The van der Waals surface area contributed by atoms with Gasteiger partial charge in [-0.25, -0.2) is 0 Å². The highest BCUT2D eigenvalue weighted by Gasteiger charge is 2.42. The normalized spacial score (nSPS) is 26.5. The number of pyridine rings is 1. The van der Waals surface area contributed by atoms with Crippen molar-refractivity contribution in [2.45, 2.75) is 31.6 Å². The maximum Gasteiger partial charge on any atom is 0.0702 e. The van der Waals surface area contributed by atoms with Crippen LogP contribution in [0, 0.1) is 6.92 Å². The predicted molar refractivity (Wildman–Crippen MR) is 96.7 cm³/mol. The summed E-state index contributed by atoms with van der Waals surface area (Å²) in [6.07, 6.45) is 6.10. The zero-order valence-electron chi connectivity index (χ0n) is 13.1. The number of piperidine rings is 1. The average Bonchev–Trinajstić information content (AvgIpc) is 2.83. The number of nitrogens with zero attached hydrogens (tertiary/aromatic N) is 2. The fourth-order valence-electron chi connectivity index (χ4n) is 4.06. The molecule has 0 aliphatic carbocycles. The van der Waals surface area contributed by atoms with Crippen LogP contribution in [0.3, 0.4) is 0 Å². The van der Waals surface area contributed by atoms with Crippen LogP contribution in [-0.4, -0.2) is 29.5 Å². The van der Waals surface area contributed by atoms with Gasteiger partial charge in [-0.2, -0.15) is 0 Å². The van der Waals surface area contributed by atoms with Crippen LogP contribution in [0.25, 0.3) is 11.3 Å². The molecule has 22 heavy (non-hydrogen) atoms. The molecule has 2 saturated heterocycles. The number of aromatic nitrogens is 1. The van der Waals surface area contributed by atoms with Crippen LogP contribution in [-0.2, 0) is 5.41 Å². The molecule has 2 unspecified atom stereocenters. The minimum atomic E-state index is 0. The Bertz CT molecular complexity index is 649. The largest absolute Gasteiger partial charge is 0.302 e. The first-order valence-corrected chi connectivity index (χ1v) is 8.01. The van der Waals surface area contributed by atoms with Gasteiger partial charge < -0.3 is 4.90 Å². The van der Waals surface area contributed by atoms with E-state index < -0.39 is 0 Å². The van der Waals surface area contributed by atoms with Gasteiger partial charge in [0.15, 0.2) is 0 Å². The van der Waals surface area contributed by atoms with E-state index >= 15 is 0 Å². The molecular formula is C19H23BrN2. The maximum absolute atomic E-state index is 4.76. The second kappa shape index (κ2) is 6.13. The molecular weight excluding hydrogens is 336 g/mol. The standard InChI is InChI=1S/C19H22N2.BrH/c1-15-4-2-5-16(12-15)18-7-6-17(13-20-18)19-8-3-10-21(14-19)11-9-19;/h2,4-7,12-13H,3,8-11,14H2,1H3;1H. The Morgan fingerprint density at radius 1 is 1.09 bits per heavy atom. The lowest BCUT2D eigenvalue weighted by molar-refractivity contribution is 0.243. The monoisotopic (exact) mass is 358 g/mol. The Morgan fingerprint density at radius 2 is 2.00 bits per heavy atom. The molecule has 2 atom stereocenters. The van der Waals surface area contributed by atoms with Gasteiger partial charge in [0.25, 0.3) is 0 Å². The number of halogens is 1. The highest BCUT2D eigenvalue weighted by molar-refractivity contribution is 8.93. The molecule has 3 heteroatoms. The number of aryl methyl sites for hydroxylation is 1. The van der Waals surface area contributed by atoms with Crippen molar-refractivity contribution >= 4 is 17.0 Å². The van der Waals surface area contributed by atoms with Crippen molar-refractivity contribution < 1.29 is 0 Å². The summed E-state index contributed by atoms with van der Waals surface area (Å²) in [6.45, 7) is 5.92. The zero-order valence-corrected chi connectivity index (χ0v) is 14.8. The summed E-state index contributed by atoms with van der Waals surface area (Å²) < 4.78 is 0. The van der Waals surface area contributed by atoms with Crippen LogP contribution in [0.15, 0.2) is 42.6 Å². The fourth-order valence-corrected chi connectivity index (χ4v) is 4.06. The van der Waals surface area contributed by atoms with Crippen LogP contribution in [0.4, 0.5) is 0 Å². The van der Waals surface area contributed by atoms with Crippen LogP contribution < -0.4 is 0 Å². The number of hydrogen-bond acceptors (Lipinski definition) is 2. The molecule has 2 aliphatic heterocycles. The van der Waals surface area contributed by atoms with Crippen molar-refractivity contribution in [3.8, 4) is 11.3 Å². The molecule has 3 heterocycles. The number of benzene rings is 1. The second-order valence-electron chi connectivity index (χ2n) is 6.71. The summed E-state index contributed by atoms with van der Waals surface area (Å²) in [4.78, 5) is 7.37. The Hall–Kier alpha value is -1.19. The smallest absolute Gasteiger partial charge is 0.0702 e. The van der Waals surface area contributed by atoms with Gasteiger partial charge in [-0.1, -0.05) is 29.8 Å². The van der Waals surface area contributed by atoms with Gasteiger partial charge in [0.2, 0.25) is 0 Å². The zero-order chi connectivity index (χ0) is 14.3. The van der Waals surface area contributed by atoms with E-state index in [9.17, 15) is 0 Å². The molecule has 0 spiro atoms. The first-order chi connectivity index (χ1) is 10.3. The van der Waals surface area contributed by atoms with Crippen LogP contribution >= 0.6 is 17.0 Å². The van der Waals surface area contributed by atoms with Gasteiger partial charge >= 0.3 is 0 Å². The third-order valence-electron chi connectivity index (χ3n) is 5.25. The number of rotatable bonds is 2. The van der Waals surface area contributed by atoms with E-state index in [1.165, 1.54) is 55.6 Å². The van der Waals surface area contributed by atoms with Gasteiger partial charge in [0.1, 0.15) is 0 Å². The topological polar surface area (TPSA) is 16.1 Å². The summed E-state index contributed by atoms with van der Waals surface area (Å²) in [5.74, 6) is 0. The second-order valence-corrected chi connectivity index (χ2v) is 6.71. The lowest BCUT2D eigenvalue weighted by Gasteiger charge is -2.34. The quantitative estimate of drug-likeness (QED) is 0.792. The first-order valence-electron chi connectivity index (χ1n) is 8.01. The molecule has 2 aromatic rings. The van der Waals surface area contributed by atoms with Gasteiger partial charge in [-0.15, -0.1) is 17.0 Å². The van der Waals surface area contributed by atoms with Crippen molar-refractivity contribution in [2.24, 2.45) is 0 Å². The number of fused-ring (bicyclic) bond motifs is 2. The third-order valence-corrected chi connectivity index (χ3v) is 5.25. The Labute approximate surface area is 143 Å². The van der Waals surface area contributed by atoms with Gasteiger partial charge in [0, 0.05) is 23.7 Å². The van der Waals surface area contributed by atoms with Crippen molar-refractivity contribution in [1.29, 1.82) is 0 Å². The molecule has 116 valence electrons. The molecule has 4 rings (SSSR count). The summed E-state index contributed by atoms with van der Waals surface area (Å²) in [5.41, 5.74) is 5.42. The molecule has 0 radical (unpaired) electrons. The highest BCUT2D eigenvalue weighted by Crippen LogP contribution is 2.42. The Balaban J connectivity index is 0.00000144. The molecule has 0 amide bonds. The van der Waals surface area contributed by atoms with Gasteiger partial charge in [0.05, 0.1) is 5.69 Å². The van der Waals surface area contributed by atoms with Crippen molar-refractivity contribution in [3.63, 3.8) is 0 Å². The summed E-state index contributed by atoms with van der Waals surface area (Å²) in [6, 6.07) is 13.1. The van der Waals surface area contributed by atoms with E-state index in [4.69, 9.17) is 4.98 Å². The summed E-state index contributed by atoms with van der Waals surface area (Å²) >= 11 is 0. The van der Waals surface area contributed by atoms with E-state index in [0.29, 0.717) is 5.41 Å². The SMILES string of the molecule is Br.Cc1cccc(-c2ccc(C34CCCN(CC3)C4)cn2)c1. The Morgan fingerprint density at radius 3 is 2.77 bits per heavy atom. The lowest BCUT2D eigenvalue weighted by Crippen LogP contribution is -2.36. The molecule has 1 aromatic heterocycles. The predicted octanol–water partition coefficient (Wildman–Crippen LogP) is 4.37. The molecule has 2 bridgehead atoms. The molecule has 2 fully saturated rings. The number of hydrogen-bond donors (Lipinski definition) is 0. The molecule has 0 N–H and O–H groups in total. The van der Waals surface area contributed by atoms with Crippen molar-refractivity contribution in [1.82, 2.24) is 9.88 Å². The van der Waals surface area contributed by atoms with E-state index in [2.05, 4.69) is 54.4 Å². The molecule has 1 aromatic carbocycles. The minimum absolute atomic E-state index is 0. The lowest BCUT2D eigenvalue weighted by atomic mass is 9.75. The molecule has 2 nitrogen and oxygen atoms in total. The van der Waals surface area contributed by atoms with Crippen LogP contribution in [0.2, 0.25) is 0 Å². The van der Waals surface area contributed by atoms with Gasteiger partial charge in [-0.05, 0) is 57.0 Å². The highest BCUT2D eigenvalue weighted by atomic mass is 79.9. The van der Waals surface area contributed by atoms with E-state index in [0.717, 1.165) is 5.69 Å². The fraction of sp³-hybridized carbons (Fsp3) is 0.421. The summed E-state index contributed by atoms with van der Waals surface area (Å²) in [7, 11) is 0. The summed E-state index contributed by atoms with van der Waals surface area (Å²) in [5, 5.41) is 0. The van der Waals surface area contributed by atoms with E-state index in [-0.39, 0.29) is 17.0 Å². The Kier molecular flexibility index (Phi) is 4.37. The first kappa shape index (κ1) is 15.7.